The van der Waals surface area contributed by atoms with Crippen molar-refractivity contribution in [3.05, 3.63) is 35.4 Å². The van der Waals surface area contributed by atoms with Gasteiger partial charge in [0.2, 0.25) is 0 Å². The number of fused-ring (bicyclic) bond motifs is 1. The predicted octanol–water partition coefficient (Wildman–Crippen LogP) is 3.86. The van der Waals surface area contributed by atoms with Crippen LogP contribution >= 0.6 is 0 Å². The first-order valence-corrected chi connectivity index (χ1v) is 8.79. The summed E-state index contributed by atoms with van der Waals surface area (Å²) in [6, 6.07) is 9.16. The molecule has 0 bridgehead atoms. The van der Waals surface area contributed by atoms with Gasteiger partial charge in [-0.3, -0.25) is 0 Å². The van der Waals surface area contributed by atoms with Crippen LogP contribution in [-0.4, -0.2) is 19.2 Å². The van der Waals surface area contributed by atoms with Crippen molar-refractivity contribution in [3.8, 4) is 0 Å². The molecule has 1 aliphatic heterocycles. The van der Waals surface area contributed by atoms with Crippen molar-refractivity contribution < 1.29 is 4.74 Å². The van der Waals surface area contributed by atoms with Crippen LogP contribution in [0.3, 0.4) is 0 Å². The maximum atomic E-state index is 6.22. The summed E-state index contributed by atoms with van der Waals surface area (Å²) in [7, 11) is 0. The quantitative estimate of drug-likeness (QED) is 0.907. The second kappa shape index (κ2) is 6.10. The second-order valence-corrected chi connectivity index (χ2v) is 7.31. The topological polar surface area (TPSA) is 21.3 Å². The molecule has 114 valence electrons. The summed E-state index contributed by atoms with van der Waals surface area (Å²) in [5.74, 6) is 2.56. The fraction of sp³-hybridized carbons (Fsp3) is 0.684. The number of benzene rings is 1. The molecule has 1 N–H and O–H groups in total. The van der Waals surface area contributed by atoms with Gasteiger partial charge < -0.3 is 10.1 Å². The summed E-state index contributed by atoms with van der Waals surface area (Å²) >= 11 is 0. The Morgan fingerprint density at radius 3 is 2.57 bits per heavy atom. The summed E-state index contributed by atoms with van der Waals surface area (Å²) in [5.41, 5.74) is 2.91. The van der Waals surface area contributed by atoms with Crippen molar-refractivity contribution in [2.75, 3.05) is 13.1 Å². The van der Waals surface area contributed by atoms with Crippen LogP contribution in [0.1, 0.15) is 55.6 Å². The van der Waals surface area contributed by atoms with Crippen LogP contribution in [0.5, 0.6) is 0 Å². The number of nitrogens with one attached hydrogen (secondary N) is 1. The molecule has 0 spiro atoms. The van der Waals surface area contributed by atoms with Gasteiger partial charge in [0.1, 0.15) is 0 Å². The summed E-state index contributed by atoms with van der Waals surface area (Å²) in [5, 5.41) is 3.50. The molecule has 0 radical (unpaired) electrons. The molecule has 3 fully saturated rings. The molecule has 2 heteroatoms. The zero-order valence-electron chi connectivity index (χ0n) is 12.9. The van der Waals surface area contributed by atoms with Gasteiger partial charge in [-0.15, -0.1) is 0 Å². The van der Waals surface area contributed by atoms with Crippen LogP contribution in [0.25, 0.3) is 0 Å². The minimum absolute atomic E-state index is 0.497. The van der Waals surface area contributed by atoms with E-state index in [1.54, 1.807) is 5.56 Å². The van der Waals surface area contributed by atoms with Crippen molar-refractivity contribution in [1.29, 1.82) is 0 Å². The maximum Gasteiger partial charge on any atom is 0.0720 e. The third-order valence-electron chi connectivity index (χ3n) is 5.87. The molecule has 4 rings (SSSR count). The average molecular weight is 285 g/mol. The molecule has 2 aliphatic carbocycles. The molecule has 0 unspecified atom stereocenters. The molecule has 3 atom stereocenters. The van der Waals surface area contributed by atoms with E-state index in [4.69, 9.17) is 4.74 Å². The molecule has 2 saturated carbocycles. The maximum absolute atomic E-state index is 6.22. The van der Waals surface area contributed by atoms with Crippen LogP contribution in [0.4, 0.5) is 0 Å². The SMILES string of the molecule is c1cc(CO[C@H]2C[C@H]3CNC[C@H]3C2)cc(C2CCCC2)c1. The first-order chi connectivity index (χ1) is 10.4. The van der Waals surface area contributed by atoms with Gasteiger partial charge in [-0.2, -0.15) is 0 Å². The van der Waals surface area contributed by atoms with E-state index in [0.717, 1.165) is 24.4 Å². The van der Waals surface area contributed by atoms with E-state index in [0.29, 0.717) is 6.10 Å². The Hall–Kier alpha value is -0.860. The Balaban J connectivity index is 1.33. The molecular weight excluding hydrogens is 258 g/mol. The van der Waals surface area contributed by atoms with Gasteiger partial charge >= 0.3 is 0 Å². The van der Waals surface area contributed by atoms with E-state index in [1.807, 2.05) is 0 Å². The lowest BCUT2D eigenvalue weighted by molar-refractivity contribution is 0.0404. The van der Waals surface area contributed by atoms with E-state index >= 15 is 0 Å². The van der Waals surface area contributed by atoms with Crippen molar-refractivity contribution in [2.24, 2.45) is 11.8 Å². The van der Waals surface area contributed by atoms with Gasteiger partial charge in [-0.1, -0.05) is 37.1 Å². The van der Waals surface area contributed by atoms with Crippen LogP contribution in [0.15, 0.2) is 24.3 Å². The molecule has 0 aromatic heterocycles. The standard InChI is InChI=1S/C19H27NO/c1-2-6-15(5-1)16-7-3-4-14(8-16)13-21-19-9-17-11-20-12-18(17)10-19/h3-4,7-8,15,17-20H,1-2,5-6,9-13H2/t17-,18+,19-. The van der Waals surface area contributed by atoms with Crippen molar-refractivity contribution in [2.45, 2.75) is 57.2 Å². The summed E-state index contributed by atoms with van der Waals surface area (Å²) in [6.07, 6.45) is 8.60. The molecule has 3 aliphatic rings. The Kier molecular flexibility index (Phi) is 4.00. The van der Waals surface area contributed by atoms with Gasteiger partial charge in [-0.05, 0) is 67.7 Å². The lowest BCUT2D eigenvalue weighted by atomic mass is 9.96. The summed E-state index contributed by atoms with van der Waals surface area (Å²) in [6.45, 7) is 3.22. The van der Waals surface area contributed by atoms with Crippen molar-refractivity contribution in [3.63, 3.8) is 0 Å². The normalized spacial score (nSPS) is 32.7. The van der Waals surface area contributed by atoms with Gasteiger partial charge in [0, 0.05) is 0 Å². The Morgan fingerprint density at radius 2 is 1.81 bits per heavy atom. The van der Waals surface area contributed by atoms with Crippen LogP contribution in [-0.2, 0) is 11.3 Å². The highest BCUT2D eigenvalue weighted by molar-refractivity contribution is 5.26. The van der Waals surface area contributed by atoms with E-state index < -0.39 is 0 Å². The highest BCUT2D eigenvalue weighted by atomic mass is 16.5. The van der Waals surface area contributed by atoms with Gasteiger partial charge in [0.15, 0.2) is 0 Å². The third kappa shape index (κ3) is 3.02. The number of rotatable bonds is 4. The lowest BCUT2D eigenvalue weighted by Gasteiger charge is -2.15. The molecule has 1 aromatic carbocycles. The molecule has 1 saturated heterocycles. The second-order valence-electron chi connectivity index (χ2n) is 7.31. The molecular formula is C19H27NO. The molecule has 1 aromatic rings. The third-order valence-corrected chi connectivity index (χ3v) is 5.87. The predicted molar refractivity (Wildman–Crippen MR) is 85.3 cm³/mol. The number of hydrogen-bond acceptors (Lipinski definition) is 2. The van der Waals surface area contributed by atoms with E-state index in [2.05, 4.69) is 29.6 Å². The van der Waals surface area contributed by atoms with Gasteiger partial charge in [-0.25, -0.2) is 0 Å². The first kappa shape index (κ1) is 13.8. The van der Waals surface area contributed by atoms with E-state index in [1.165, 1.54) is 57.2 Å². The largest absolute Gasteiger partial charge is 0.374 e. The van der Waals surface area contributed by atoms with Crippen LogP contribution in [0, 0.1) is 11.8 Å². The molecule has 1 heterocycles. The highest BCUT2D eigenvalue weighted by Crippen LogP contribution is 2.37. The minimum Gasteiger partial charge on any atom is -0.374 e. The lowest BCUT2D eigenvalue weighted by Crippen LogP contribution is -2.16. The van der Waals surface area contributed by atoms with Gasteiger partial charge in [0.05, 0.1) is 12.7 Å². The van der Waals surface area contributed by atoms with Crippen molar-refractivity contribution >= 4 is 0 Å². The number of ether oxygens (including phenoxy) is 1. The highest BCUT2D eigenvalue weighted by Gasteiger charge is 2.37. The monoisotopic (exact) mass is 285 g/mol. The van der Waals surface area contributed by atoms with E-state index in [-0.39, 0.29) is 0 Å². The first-order valence-electron chi connectivity index (χ1n) is 8.79. The van der Waals surface area contributed by atoms with E-state index in [9.17, 15) is 0 Å². The Labute approximate surface area is 128 Å². The summed E-state index contributed by atoms with van der Waals surface area (Å²) < 4.78 is 6.22. The van der Waals surface area contributed by atoms with Crippen LogP contribution in [0.2, 0.25) is 0 Å². The van der Waals surface area contributed by atoms with Crippen LogP contribution < -0.4 is 5.32 Å². The van der Waals surface area contributed by atoms with Gasteiger partial charge in [0.25, 0.3) is 0 Å². The molecule has 21 heavy (non-hydrogen) atoms. The molecule has 2 nitrogen and oxygen atoms in total. The fourth-order valence-electron chi connectivity index (χ4n) is 4.66. The number of hydrogen-bond donors (Lipinski definition) is 1. The minimum atomic E-state index is 0.497. The fourth-order valence-corrected chi connectivity index (χ4v) is 4.66. The zero-order valence-corrected chi connectivity index (χ0v) is 12.9. The molecule has 0 amide bonds. The Morgan fingerprint density at radius 1 is 1.05 bits per heavy atom. The zero-order chi connectivity index (χ0) is 14.1. The Bertz CT molecular complexity index is 468. The average Bonchev–Trinajstić information content (AvgIpc) is 3.22. The summed E-state index contributed by atoms with van der Waals surface area (Å²) in [4.78, 5) is 0. The van der Waals surface area contributed by atoms with Crippen molar-refractivity contribution in [1.82, 2.24) is 5.32 Å². The smallest absolute Gasteiger partial charge is 0.0720 e.